The van der Waals surface area contributed by atoms with Gasteiger partial charge in [0.25, 0.3) is 5.69 Å². The molecule has 0 radical (unpaired) electrons. The van der Waals surface area contributed by atoms with E-state index in [9.17, 15) is 10.1 Å². The SMILES string of the molecule is O=[N+]([O-])c1cc(C=Nc2ccc3c4c(cccc24)CC3)ccc1Br. The lowest BCUT2D eigenvalue weighted by molar-refractivity contribution is -0.385. The van der Waals surface area contributed by atoms with Crippen LogP contribution in [0.1, 0.15) is 16.7 Å². The fraction of sp³-hybridized carbons (Fsp3) is 0.105. The van der Waals surface area contributed by atoms with E-state index in [4.69, 9.17) is 0 Å². The lowest BCUT2D eigenvalue weighted by Gasteiger charge is -2.05. The lowest BCUT2D eigenvalue weighted by Crippen LogP contribution is -1.91. The molecule has 0 bridgehead atoms. The molecule has 4 nitrogen and oxygen atoms in total. The highest BCUT2D eigenvalue weighted by molar-refractivity contribution is 9.10. The Labute approximate surface area is 147 Å². The zero-order valence-corrected chi connectivity index (χ0v) is 14.3. The quantitative estimate of drug-likeness (QED) is 0.348. The van der Waals surface area contributed by atoms with Crippen molar-refractivity contribution >= 4 is 44.3 Å². The van der Waals surface area contributed by atoms with Gasteiger partial charge in [-0.3, -0.25) is 15.1 Å². The van der Waals surface area contributed by atoms with Gasteiger partial charge in [-0.15, -0.1) is 0 Å². The normalized spacial score (nSPS) is 13.0. The molecule has 0 saturated carbocycles. The summed E-state index contributed by atoms with van der Waals surface area (Å²) in [5.74, 6) is 0. The minimum absolute atomic E-state index is 0.0411. The van der Waals surface area contributed by atoms with Crippen LogP contribution in [0, 0.1) is 10.1 Å². The highest BCUT2D eigenvalue weighted by Crippen LogP contribution is 2.36. The second-order valence-corrected chi connectivity index (χ2v) is 6.66. The van der Waals surface area contributed by atoms with Crippen LogP contribution < -0.4 is 0 Å². The molecule has 1 aliphatic carbocycles. The Morgan fingerprint density at radius 2 is 1.88 bits per heavy atom. The molecule has 0 aromatic heterocycles. The van der Waals surface area contributed by atoms with Crippen molar-refractivity contribution in [1.82, 2.24) is 0 Å². The standard InChI is InChI=1S/C19H13BrN2O2/c20-16-8-4-12(10-18(16)22(23)24)11-21-17-9-7-14-6-5-13-2-1-3-15(17)19(13)14/h1-4,7-11H,5-6H2. The average Bonchev–Trinajstić information content (AvgIpc) is 3.00. The Kier molecular flexibility index (Phi) is 3.65. The Bertz CT molecular complexity index is 1000. The van der Waals surface area contributed by atoms with Crippen LogP contribution >= 0.6 is 15.9 Å². The van der Waals surface area contributed by atoms with Crippen molar-refractivity contribution < 1.29 is 4.92 Å². The van der Waals surface area contributed by atoms with Crippen LogP contribution in [0.2, 0.25) is 0 Å². The van der Waals surface area contributed by atoms with Gasteiger partial charge in [0.2, 0.25) is 0 Å². The Balaban J connectivity index is 1.77. The van der Waals surface area contributed by atoms with Crippen LogP contribution in [0.4, 0.5) is 11.4 Å². The van der Waals surface area contributed by atoms with Crippen molar-refractivity contribution in [2.24, 2.45) is 4.99 Å². The van der Waals surface area contributed by atoms with E-state index < -0.39 is 4.92 Å². The smallest absolute Gasteiger partial charge is 0.258 e. The molecular formula is C19H13BrN2O2. The summed E-state index contributed by atoms with van der Waals surface area (Å²) < 4.78 is 0.468. The molecule has 3 aromatic carbocycles. The topological polar surface area (TPSA) is 55.5 Å². The number of halogens is 1. The Morgan fingerprint density at radius 1 is 1.08 bits per heavy atom. The van der Waals surface area contributed by atoms with E-state index in [1.165, 1.54) is 22.6 Å². The van der Waals surface area contributed by atoms with Gasteiger partial charge in [0.05, 0.1) is 15.1 Å². The zero-order valence-electron chi connectivity index (χ0n) is 12.7. The number of nitro benzene ring substituents is 1. The van der Waals surface area contributed by atoms with E-state index in [-0.39, 0.29) is 5.69 Å². The second kappa shape index (κ2) is 5.83. The van der Waals surface area contributed by atoms with E-state index in [2.05, 4.69) is 45.2 Å². The minimum Gasteiger partial charge on any atom is -0.258 e. The highest BCUT2D eigenvalue weighted by atomic mass is 79.9. The molecule has 0 N–H and O–H groups in total. The number of aryl methyl sites for hydroxylation is 2. The Hall–Kier alpha value is -2.53. The summed E-state index contributed by atoms with van der Waals surface area (Å²) in [6, 6.07) is 15.5. The van der Waals surface area contributed by atoms with Gasteiger partial charge in [-0.1, -0.05) is 30.3 Å². The number of hydrogen-bond donors (Lipinski definition) is 0. The maximum Gasteiger partial charge on any atom is 0.284 e. The third-order valence-electron chi connectivity index (χ3n) is 4.37. The van der Waals surface area contributed by atoms with Crippen LogP contribution in [0.25, 0.3) is 10.8 Å². The van der Waals surface area contributed by atoms with Crippen molar-refractivity contribution in [3.63, 3.8) is 0 Å². The van der Waals surface area contributed by atoms with E-state index in [0.717, 1.165) is 23.9 Å². The maximum atomic E-state index is 11.0. The number of aliphatic imine (C=N–C) groups is 1. The molecule has 0 unspecified atom stereocenters. The molecule has 5 heteroatoms. The lowest BCUT2D eigenvalue weighted by atomic mass is 10.0. The largest absolute Gasteiger partial charge is 0.284 e. The monoisotopic (exact) mass is 380 g/mol. The first-order valence-electron chi connectivity index (χ1n) is 7.65. The minimum atomic E-state index is -0.402. The summed E-state index contributed by atoms with van der Waals surface area (Å²) in [6.45, 7) is 0. The number of hydrogen-bond acceptors (Lipinski definition) is 3. The first-order valence-corrected chi connectivity index (χ1v) is 8.44. The van der Waals surface area contributed by atoms with Crippen LogP contribution in [0.15, 0.2) is 58.0 Å². The summed E-state index contributed by atoms with van der Waals surface area (Å²) in [6.07, 6.45) is 3.84. The fourth-order valence-electron chi connectivity index (χ4n) is 3.24. The number of benzene rings is 3. The second-order valence-electron chi connectivity index (χ2n) is 5.81. The zero-order chi connectivity index (χ0) is 16.7. The van der Waals surface area contributed by atoms with Crippen LogP contribution in [0.3, 0.4) is 0 Å². The van der Waals surface area contributed by atoms with Gasteiger partial charge in [-0.05, 0) is 63.0 Å². The van der Waals surface area contributed by atoms with Crippen LogP contribution in [-0.2, 0) is 12.8 Å². The molecule has 0 amide bonds. The number of nitrogens with zero attached hydrogens (tertiary/aromatic N) is 2. The van der Waals surface area contributed by atoms with Crippen molar-refractivity contribution in [3.05, 3.63) is 79.8 Å². The van der Waals surface area contributed by atoms with Crippen LogP contribution in [-0.4, -0.2) is 11.1 Å². The Morgan fingerprint density at radius 3 is 2.67 bits per heavy atom. The average molecular weight is 381 g/mol. The van der Waals surface area contributed by atoms with Gasteiger partial charge >= 0.3 is 0 Å². The molecule has 4 rings (SSSR count). The van der Waals surface area contributed by atoms with Crippen molar-refractivity contribution in [3.8, 4) is 0 Å². The first-order chi connectivity index (χ1) is 11.6. The molecule has 24 heavy (non-hydrogen) atoms. The molecule has 3 aromatic rings. The van der Waals surface area contributed by atoms with Gasteiger partial charge in [0.1, 0.15) is 0 Å². The van der Waals surface area contributed by atoms with Gasteiger partial charge in [0, 0.05) is 17.7 Å². The van der Waals surface area contributed by atoms with Crippen LogP contribution in [0.5, 0.6) is 0 Å². The molecular weight excluding hydrogens is 368 g/mol. The summed E-state index contributed by atoms with van der Waals surface area (Å²) in [5, 5.41) is 13.5. The molecule has 0 saturated heterocycles. The maximum absolute atomic E-state index is 11.0. The van der Waals surface area contributed by atoms with Crippen molar-refractivity contribution in [2.45, 2.75) is 12.8 Å². The molecule has 0 aliphatic heterocycles. The van der Waals surface area contributed by atoms with E-state index in [1.807, 2.05) is 6.07 Å². The fourth-order valence-corrected chi connectivity index (χ4v) is 3.63. The summed E-state index contributed by atoms with van der Waals surface area (Å²) in [4.78, 5) is 15.2. The molecule has 0 spiro atoms. The van der Waals surface area contributed by atoms with Crippen molar-refractivity contribution in [1.29, 1.82) is 0 Å². The van der Waals surface area contributed by atoms with Gasteiger partial charge in [-0.25, -0.2) is 0 Å². The number of rotatable bonds is 3. The van der Waals surface area contributed by atoms with Crippen molar-refractivity contribution in [2.75, 3.05) is 0 Å². The predicted molar refractivity (Wildman–Crippen MR) is 99.4 cm³/mol. The van der Waals surface area contributed by atoms with Gasteiger partial charge in [0.15, 0.2) is 0 Å². The molecule has 0 atom stereocenters. The molecule has 0 heterocycles. The molecule has 0 fully saturated rings. The van der Waals surface area contributed by atoms with E-state index in [0.29, 0.717) is 10.0 Å². The highest BCUT2D eigenvalue weighted by Gasteiger charge is 2.15. The predicted octanol–water partition coefficient (Wildman–Crippen LogP) is 5.36. The van der Waals surface area contributed by atoms with E-state index >= 15 is 0 Å². The summed E-state index contributed by atoms with van der Waals surface area (Å²) in [7, 11) is 0. The third-order valence-corrected chi connectivity index (χ3v) is 5.04. The summed E-state index contributed by atoms with van der Waals surface area (Å²) >= 11 is 3.20. The summed E-state index contributed by atoms with van der Waals surface area (Å²) in [5.41, 5.74) is 4.38. The third kappa shape index (κ3) is 2.51. The van der Waals surface area contributed by atoms with Gasteiger partial charge < -0.3 is 0 Å². The first kappa shape index (κ1) is 15.0. The molecule has 1 aliphatic rings. The van der Waals surface area contributed by atoms with Gasteiger partial charge in [-0.2, -0.15) is 0 Å². The van der Waals surface area contributed by atoms with E-state index in [1.54, 1.807) is 18.3 Å². The molecule has 118 valence electrons. The number of nitro groups is 1.